The summed E-state index contributed by atoms with van der Waals surface area (Å²) >= 11 is 3.33. The van der Waals surface area contributed by atoms with Gasteiger partial charge in [-0.05, 0) is 29.7 Å². The lowest BCUT2D eigenvalue weighted by Crippen LogP contribution is -2.29. The summed E-state index contributed by atoms with van der Waals surface area (Å²) < 4.78 is 0.791. The third kappa shape index (κ3) is 2.50. The van der Waals surface area contributed by atoms with Gasteiger partial charge in [0, 0.05) is 16.2 Å². The molecule has 0 aliphatic rings. The van der Waals surface area contributed by atoms with Crippen molar-refractivity contribution in [1.82, 2.24) is 4.98 Å². The van der Waals surface area contributed by atoms with E-state index in [1.165, 1.54) is 0 Å². The summed E-state index contributed by atoms with van der Waals surface area (Å²) in [6.07, 6.45) is 1.70. The van der Waals surface area contributed by atoms with Gasteiger partial charge in [-0.3, -0.25) is 4.98 Å². The third-order valence-corrected chi connectivity index (χ3v) is 2.64. The maximum Gasteiger partial charge on any atom is 0.488 e. The first-order chi connectivity index (χ1) is 7.66. The Morgan fingerprint density at radius 3 is 2.56 bits per heavy atom. The van der Waals surface area contributed by atoms with Crippen molar-refractivity contribution in [1.29, 1.82) is 0 Å². The van der Waals surface area contributed by atoms with Gasteiger partial charge in [0.25, 0.3) is 0 Å². The van der Waals surface area contributed by atoms with E-state index in [4.69, 9.17) is 10.0 Å². The fraction of sp³-hybridized carbons (Fsp3) is 0. The molecule has 2 N–H and O–H groups in total. The number of hydrogen-bond donors (Lipinski definition) is 2. The lowest BCUT2D eigenvalue weighted by Gasteiger charge is -2.05. The molecular weight excluding hydrogens is 269 g/mol. The molecular formula is C11H9BBrNO2. The quantitative estimate of drug-likeness (QED) is 0.811. The minimum Gasteiger partial charge on any atom is -0.423 e. The number of rotatable bonds is 2. The Morgan fingerprint density at radius 2 is 1.94 bits per heavy atom. The van der Waals surface area contributed by atoms with Crippen LogP contribution in [-0.2, 0) is 0 Å². The van der Waals surface area contributed by atoms with Crippen molar-refractivity contribution in [3.05, 3.63) is 47.1 Å². The molecule has 2 rings (SSSR count). The summed E-state index contributed by atoms with van der Waals surface area (Å²) in [4.78, 5) is 4.21. The van der Waals surface area contributed by atoms with Gasteiger partial charge in [0.1, 0.15) is 0 Å². The molecule has 5 heteroatoms. The molecule has 0 aliphatic carbocycles. The van der Waals surface area contributed by atoms with Crippen LogP contribution in [0.2, 0.25) is 0 Å². The molecule has 0 saturated heterocycles. The van der Waals surface area contributed by atoms with Gasteiger partial charge in [-0.2, -0.15) is 0 Å². The van der Waals surface area contributed by atoms with Gasteiger partial charge in [-0.15, -0.1) is 0 Å². The molecule has 0 unspecified atom stereocenters. The van der Waals surface area contributed by atoms with E-state index in [0.29, 0.717) is 5.46 Å². The van der Waals surface area contributed by atoms with Gasteiger partial charge >= 0.3 is 7.12 Å². The molecule has 0 atom stereocenters. The van der Waals surface area contributed by atoms with Gasteiger partial charge in [0.15, 0.2) is 0 Å². The highest BCUT2D eigenvalue weighted by Crippen LogP contribution is 2.19. The van der Waals surface area contributed by atoms with Crippen LogP contribution in [0.3, 0.4) is 0 Å². The van der Waals surface area contributed by atoms with Crippen molar-refractivity contribution in [2.75, 3.05) is 0 Å². The Hall–Kier alpha value is -1.17. The highest BCUT2D eigenvalue weighted by atomic mass is 79.9. The third-order valence-electron chi connectivity index (χ3n) is 2.18. The monoisotopic (exact) mass is 277 g/mol. The lowest BCUT2D eigenvalue weighted by molar-refractivity contribution is 0.426. The van der Waals surface area contributed by atoms with Crippen LogP contribution in [-0.4, -0.2) is 22.2 Å². The Labute approximate surface area is 102 Å². The predicted molar refractivity (Wildman–Crippen MR) is 67.2 cm³/mol. The maximum atomic E-state index is 9.13. The van der Waals surface area contributed by atoms with Crippen LogP contribution < -0.4 is 5.46 Å². The highest BCUT2D eigenvalue weighted by Gasteiger charge is 2.13. The van der Waals surface area contributed by atoms with Crippen LogP contribution in [0.4, 0.5) is 0 Å². The van der Waals surface area contributed by atoms with Crippen molar-refractivity contribution in [2.24, 2.45) is 0 Å². The van der Waals surface area contributed by atoms with E-state index in [1.54, 1.807) is 18.3 Å². The Kier molecular flexibility index (Phi) is 3.38. The summed E-state index contributed by atoms with van der Waals surface area (Å²) in [6.45, 7) is 0. The molecule has 0 fully saturated rings. The lowest BCUT2D eigenvalue weighted by atomic mass is 9.79. The number of aromatic nitrogens is 1. The molecule has 1 aromatic carbocycles. The smallest absolute Gasteiger partial charge is 0.423 e. The largest absolute Gasteiger partial charge is 0.488 e. The zero-order valence-electron chi connectivity index (χ0n) is 8.34. The second-order valence-corrected chi connectivity index (χ2v) is 4.28. The average Bonchev–Trinajstić information content (AvgIpc) is 2.29. The van der Waals surface area contributed by atoms with E-state index in [1.807, 2.05) is 24.3 Å². The van der Waals surface area contributed by atoms with Crippen LogP contribution in [0.15, 0.2) is 47.1 Å². The molecule has 0 saturated carbocycles. The van der Waals surface area contributed by atoms with Crippen LogP contribution in [0, 0.1) is 0 Å². The first kappa shape index (κ1) is 11.3. The molecule has 3 nitrogen and oxygen atoms in total. The molecule has 1 heterocycles. The Morgan fingerprint density at radius 1 is 1.12 bits per heavy atom. The van der Waals surface area contributed by atoms with Crippen molar-refractivity contribution in [3.63, 3.8) is 0 Å². The first-order valence-electron chi connectivity index (χ1n) is 4.75. The molecule has 2 aromatic rings. The zero-order chi connectivity index (χ0) is 11.5. The van der Waals surface area contributed by atoms with Crippen LogP contribution in [0.25, 0.3) is 11.3 Å². The standard InChI is InChI=1S/C11H9BBrNO2/c13-10-6-8(5-9(7-10)12(15)16)11-3-1-2-4-14-11/h1-7,15-16H. The van der Waals surface area contributed by atoms with Gasteiger partial charge in [0.05, 0.1) is 5.69 Å². The van der Waals surface area contributed by atoms with E-state index >= 15 is 0 Å². The molecule has 0 spiro atoms. The van der Waals surface area contributed by atoms with Crippen molar-refractivity contribution < 1.29 is 10.0 Å². The topological polar surface area (TPSA) is 53.4 Å². The van der Waals surface area contributed by atoms with E-state index in [9.17, 15) is 0 Å². The number of halogens is 1. The minimum absolute atomic E-state index is 0.440. The molecule has 16 heavy (non-hydrogen) atoms. The van der Waals surface area contributed by atoms with Crippen LogP contribution in [0.5, 0.6) is 0 Å². The highest BCUT2D eigenvalue weighted by molar-refractivity contribution is 9.10. The second kappa shape index (κ2) is 4.78. The molecule has 0 radical (unpaired) electrons. The van der Waals surface area contributed by atoms with Crippen LogP contribution >= 0.6 is 15.9 Å². The van der Waals surface area contributed by atoms with E-state index in [0.717, 1.165) is 15.7 Å². The minimum atomic E-state index is -1.47. The number of pyridine rings is 1. The fourth-order valence-corrected chi connectivity index (χ4v) is 1.95. The number of benzene rings is 1. The van der Waals surface area contributed by atoms with E-state index in [2.05, 4.69) is 20.9 Å². The summed E-state index contributed by atoms with van der Waals surface area (Å²) in [6, 6.07) is 10.8. The number of nitrogens with zero attached hydrogens (tertiary/aromatic N) is 1. The zero-order valence-corrected chi connectivity index (χ0v) is 9.92. The average molecular weight is 278 g/mol. The Bertz CT molecular complexity index is 491. The number of hydrogen-bond acceptors (Lipinski definition) is 3. The summed E-state index contributed by atoms with van der Waals surface area (Å²) in [7, 11) is -1.47. The van der Waals surface area contributed by atoms with Gasteiger partial charge < -0.3 is 10.0 Å². The predicted octanol–water partition coefficient (Wildman–Crippen LogP) is 1.19. The van der Waals surface area contributed by atoms with E-state index < -0.39 is 7.12 Å². The summed E-state index contributed by atoms with van der Waals surface area (Å²) in [5.74, 6) is 0. The fourth-order valence-electron chi connectivity index (χ4n) is 1.44. The summed E-state index contributed by atoms with van der Waals surface area (Å²) in [5, 5.41) is 18.3. The normalized spacial score (nSPS) is 10.2. The molecule has 80 valence electrons. The van der Waals surface area contributed by atoms with Gasteiger partial charge in [-0.25, -0.2) is 0 Å². The van der Waals surface area contributed by atoms with Crippen molar-refractivity contribution >= 4 is 28.5 Å². The van der Waals surface area contributed by atoms with Gasteiger partial charge in [0.2, 0.25) is 0 Å². The first-order valence-corrected chi connectivity index (χ1v) is 5.54. The molecule has 0 bridgehead atoms. The SMILES string of the molecule is OB(O)c1cc(Br)cc(-c2ccccn2)c1. The molecule has 0 aliphatic heterocycles. The van der Waals surface area contributed by atoms with Gasteiger partial charge in [-0.1, -0.05) is 28.1 Å². The molecule has 1 aromatic heterocycles. The van der Waals surface area contributed by atoms with E-state index in [-0.39, 0.29) is 0 Å². The maximum absolute atomic E-state index is 9.13. The summed E-state index contributed by atoms with van der Waals surface area (Å²) in [5.41, 5.74) is 2.08. The molecule has 0 amide bonds. The van der Waals surface area contributed by atoms with Crippen molar-refractivity contribution in [2.45, 2.75) is 0 Å². The van der Waals surface area contributed by atoms with Crippen molar-refractivity contribution in [3.8, 4) is 11.3 Å². The van der Waals surface area contributed by atoms with Crippen LogP contribution in [0.1, 0.15) is 0 Å². The second-order valence-electron chi connectivity index (χ2n) is 3.36. The Balaban J connectivity index is 2.50.